The monoisotopic (exact) mass is 1270 g/mol. The van der Waals surface area contributed by atoms with Gasteiger partial charge in [-0.05, 0) is 103 Å². The van der Waals surface area contributed by atoms with Crippen LogP contribution < -0.4 is 5.32 Å². The summed E-state index contributed by atoms with van der Waals surface area (Å²) >= 11 is 0. The van der Waals surface area contributed by atoms with Gasteiger partial charge in [0, 0.05) is 6.42 Å². The van der Waals surface area contributed by atoms with Crippen LogP contribution in [0.3, 0.4) is 0 Å². The molecular weight excluding hydrogens is 1130 g/mol. The fourth-order valence-corrected chi connectivity index (χ4v) is 11.1. The quantitative estimate of drug-likeness (QED) is 0.0261. The summed E-state index contributed by atoms with van der Waals surface area (Å²) in [6.45, 7) is 3.73. The van der Waals surface area contributed by atoms with Crippen molar-refractivity contribution < 1.29 is 39.8 Å². The molecule has 0 aliphatic carbocycles. The van der Waals surface area contributed by atoms with Gasteiger partial charge >= 0.3 is 0 Å². The van der Waals surface area contributed by atoms with Gasteiger partial charge in [-0.15, -0.1) is 0 Å². The molecule has 520 valence electrons. The van der Waals surface area contributed by atoms with Gasteiger partial charge in [-0.2, -0.15) is 0 Å². The number of hydrogen-bond acceptors (Lipinski definition) is 8. The van der Waals surface area contributed by atoms with Crippen LogP contribution in [0.2, 0.25) is 0 Å². The normalized spacial score (nSPS) is 18.6. The smallest absolute Gasteiger partial charge is 0.220 e. The van der Waals surface area contributed by atoms with Gasteiger partial charge in [0.25, 0.3) is 0 Å². The molecular formula is C82H139NO8. The van der Waals surface area contributed by atoms with Crippen LogP contribution in [0.25, 0.3) is 0 Å². The van der Waals surface area contributed by atoms with Crippen molar-refractivity contribution in [3.63, 3.8) is 0 Å². The van der Waals surface area contributed by atoms with E-state index >= 15 is 0 Å². The van der Waals surface area contributed by atoms with E-state index in [4.69, 9.17) is 9.47 Å². The van der Waals surface area contributed by atoms with Gasteiger partial charge < -0.3 is 40.3 Å². The maximum Gasteiger partial charge on any atom is 0.220 e. The molecule has 0 saturated carbocycles. The zero-order valence-corrected chi connectivity index (χ0v) is 58.3. The molecule has 9 heteroatoms. The number of hydrogen-bond donors (Lipinski definition) is 6. The highest BCUT2D eigenvalue weighted by Crippen LogP contribution is 2.24. The van der Waals surface area contributed by atoms with Crippen LogP contribution in [-0.4, -0.2) is 87.5 Å². The predicted octanol–water partition coefficient (Wildman–Crippen LogP) is 21.3. The first-order valence-electron chi connectivity index (χ1n) is 37.5. The molecule has 1 saturated heterocycles. The molecule has 0 aromatic rings. The van der Waals surface area contributed by atoms with Crippen molar-refractivity contribution in [2.24, 2.45) is 0 Å². The minimum Gasteiger partial charge on any atom is -0.394 e. The maximum absolute atomic E-state index is 13.2. The Labute approximate surface area is 559 Å². The van der Waals surface area contributed by atoms with Gasteiger partial charge in [0.1, 0.15) is 24.4 Å². The Hall–Kier alpha value is -3.93. The molecule has 0 aromatic heterocycles. The minimum atomic E-state index is -1.57. The molecule has 91 heavy (non-hydrogen) atoms. The van der Waals surface area contributed by atoms with Gasteiger partial charge in [0.05, 0.1) is 25.4 Å². The Kier molecular flexibility index (Phi) is 64.4. The summed E-state index contributed by atoms with van der Waals surface area (Å²) in [5, 5.41) is 55.0. The molecule has 1 rings (SSSR count). The third-order valence-electron chi connectivity index (χ3n) is 17.0. The zero-order chi connectivity index (χ0) is 65.7. The van der Waals surface area contributed by atoms with Crippen LogP contribution >= 0.6 is 0 Å². The highest BCUT2D eigenvalue weighted by Gasteiger charge is 2.44. The Bertz CT molecular complexity index is 1950. The Balaban J connectivity index is 2.16. The number of rotatable bonds is 64. The third-order valence-corrected chi connectivity index (χ3v) is 17.0. The molecule has 1 amide bonds. The number of aliphatic hydroxyl groups is 5. The van der Waals surface area contributed by atoms with E-state index in [1.165, 1.54) is 154 Å². The number of allylic oxidation sites excluding steroid dienone is 24. The zero-order valence-electron chi connectivity index (χ0n) is 58.3. The van der Waals surface area contributed by atoms with Gasteiger partial charge in [0.15, 0.2) is 6.29 Å². The van der Waals surface area contributed by atoms with Crippen LogP contribution in [0.4, 0.5) is 0 Å². The molecule has 0 bridgehead atoms. The fraction of sp³-hybridized carbons (Fsp3) is 0.695. The van der Waals surface area contributed by atoms with Crippen molar-refractivity contribution in [1.29, 1.82) is 0 Å². The lowest BCUT2D eigenvalue weighted by molar-refractivity contribution is -0.302. The second-order valence-electron chi connectivity index (χ2n) is 25.4. The molecule has 7 atom stereocenters. The van der Waals surface area contributed by atoms with Crippen LogP contribution in [-0.2, 0) is 14.3 Å². The summed E-state index contributed by atoms with van der Waals surface area (Å²) in [5.74, 6) is -0.170. The molecule has 1 aliphatic heterocycles. The first kappa shape index (κ1) is 85.1. The number of ether oxygens (including phenoxy) is 2. The van der Waals surface area contributed by atoms with Crippen molar-refractivity contribution >= 4 is 5.91 Å². The highest BCUT2D eigenvalue weighted by atomic mass is 16.7. The minimum absolute atomic E-state index is 0.156. The van der Waals surface area contributed by atoms with Crippen LogP contribution in [0.15, 0.2) is 146 Å². The second kappa shape index (κ2) is 68.9. The average molecular weight is 1270 g/mol. The largest absolute Gasteiger partial charge is 0.394 e. The van der Waals surface area contributed by atoms with E-state index in [0.717, 1.165) is 128 Å². The predicted molar refractivity (Wildman–Crippen MR) is 391 cm³/mol. The third kappa shape index (κ3) is 57.3. The molecule has 0 spiro atoms. The summed E-state index contributed by atoms with van der Waals surface area (Å²) in [6.07, 6.45) is 99.2. The molecule has 6 N–H and O–H groups in total. The van der Waals surface area contributed by atoms with E-state index in [2.05, 4.69) is 165 Å². The summed E-state index contributed by atoms with van der Waals surface area (Å²) in [4.78, 5) is 13.2. The number of carbonyl (C=O) groups excluding carboxylic acids is 1. The van der Waals surface area contributed by atoms with Crippen molar-refractivity contribution in [3.8, 4) is 0 Å². The van der Waals surface area contributed by atoms with Crippen LogP contribution in [0.1, 0.15) is 309 Å². The lowest BCUT2D eigenvalue weighted by Crippen LogP contribution is -2.60. The van der Waals surface area contributed by atoms with Gasteiger partial charge in [0.2, 0.25) is 5.91 Å². The van der Waals surface area contributed by atoms with Crippen molar-refractivity contribution in [2.75, 3.05) is 13.2 Å². The van der Waals surface area contributed by atoms with Gasteiger partial charge in [-0.3, -0.25) is 4.79 Å². The Morgan fingerprint density at radius 3 is 1.01 bits per heavy atom. The SMILES string of the molecule is CC/C=C\C/C=C\C/C=C\C/C=C\C/C=C\C/C=C\C/C=C\C/C=C\C/C=C\C/C=C\C/C=C\C/C=C\CCCCCCC(=O)NC(COC1OC(CO)C(O)C(O)C1O)C(O)CCCCCCCCCCCCCCCCCCCCCCCCCCCCC. The molecule has 1 fully saturated rings. The lowest BCUT2D eigenvalue weighted by atomic mass is 9.99. The first-order valence-corrected chi connectivity index (χ1v) is 37.5. The van der Waals surface area contributed by atoms with E-state index in [0.29, 0.717) is 12.8 Å². The van der Waals surface area contributed by atoms with Crippen molar-refractivity contribution in [1.82, 2.24) is 5.32 Å². The molecule has 1 heterocycles. The lowest BCUT2D eigenvalue weighted by Gasteiger charge is -2.40. The fourth-order valence-electron chi connectivity index (χ4n) is 11.1. The molecule has 9 nitrogen and oxygen atoms in total. The summed E-state index contributed by atoms with van der Waals surface area (Å²) in [7, 11) is 0. The number of nitrogens with one attached hydrogen (secondary N) is 1. The maximum atomic E-state index is 13.2. The molecule has 0 radical (unpaired) electrons. The Morgan fingerprint density at radius 1 is 0.385 bits per heavy atom. The van der Waals surface area contributed by atoms with E-state index < -0.39 is 49.5 Å². The molecule has 1 aliphatic rings. The number of amides is 1. The van der Waals surface area contributed by atoms with Crippen LogP contribution in [0.5, 0.6) is 0 Å². The van der Waals surface area contributed by atoms with E-state index in [1.807, 2.05) is 0 Å². The average Bonchev–Trinajstić information content (AvgIpc) is 1.58. The van der Waals surface area contributed by atoms with Gasteiger partial charge in [-0.25, -0.2) is 0 Å². The topological polar surface area (TPSA) is 149 Å². The van der Waals surface area contributed by atoms with Crippen molar-refractivity contribution in [3.05, 3.63) is 146 Å². The Morgan fingerprint density at radius 2 is 0.681 bits per heavy atom. The molecule has 7 unspecified atom stereocenters. The number of unbranched alkanes of at least 4 members (excludes halogenated alkanes) is 30. The van der Waals surface area contributed by atoms with Crippen LogP contribution in [0, 0.1) is 0 Å². The highest BCUT2D eigenvalue weighted by molar-refractivity contribution is 5.76. The van der Waals surface area contributed by atoms with Gasteiger partial charge in [-0.1, -0.05) is 346 Å². The first-order chi connectivity index (χ1) is 44.8. The number of carbonyl (C=O) groups is 1. The second-order valence-corrected chi connectivity index (χ2v) is 25.4. The summed E-state index contributed by atoms with van der Waals surface area (Å²) in [5.41, 5.74) is 0. The standard InChI is InChI=1S/C82H139NO8/c1-3-5-7-9-11-13-15-17-19-21-23-25-27-29-31-32-33-34-35-36-37-38-39-40-41-42-43-44-46-48-50-52-54-56-58-60-62-64-66-68-70-72-78(86)83-75(74-90-82-81(89)80(88)79(87)77(73-84)91-82)76(85)71-69-67-65-63-61-59-57-55-53-51-49-47-45-30-28-26-24-22-20-18-16-14-12-10-8-6-4-2/h5,7,11,13,17,19,23,25,29,31,33-34,36-37,39-40,42-43,46,48,52,54,58,60,75-77,79-82,84-85,87-89H,3-4,6,8-10,12,14-16,18,20-22,24,26-28,30,32,35,38,41,44-45,47,49-51,53,55-57,59,61-74H2,1-2H3,(H,83,86)/b7-5-,13-11-,19-17-,25-23-,31-29-,34-33-,37-36-,40-39-,43-42-,48-46-,54-52-,60-58-. The summed E-state index contributed by atoms with van der Waals surface area (Å²) in [6, 6.07) is -0.746. The van der Waals surface area contributed by atoms with E-state index in [1.54, 1.807) is 0 Å². The molecule has 0 aromatic carbocycles. The van der Waals surface area contributed by atoms with E-state index in [-0.39, 0.29) is 12.5 Å². The number of aliphatic hydroxyl groups excluding tert-OH is 5. The van der Waals surface area contributed by atoms with Crippen molar-refractivity contribution in [2.45, 2.75) is 352 Å². The van der Waals surface area contributed by atoms with E-state index in [9.17, 15) is 30.3 Å². The summed E-state index contributed by atoms with van der Waals surface area (Å²) < 4.78 is 11.4.